The molecule has 0 aromatic carbocycles. The highest BCUT2D eigenvalue weighted by Gasteiger charge is 2.33. The topological polar surface area (TPSA) is 114 Å². The van der Waals surface area contributed by atoms with Crippen LogP contribution in [0.15, 0.2) is 0 Å². The maximum Gasteiger partial charge on any atom is 0.408 e. The van der Waals surface area contributed by atoms with E-state index in [1.807, 2.05) is 0 Å². The Balaban J connectivity index is 2.76. The molecule has 2 amide bonds. The van der Waals surface area contributed by atoms with Gasteiger partial charge in [-0.1, -0.05) is 13.8 Å². The highest BCUT2D eigenvalue weighted by molar-refractivity contribution is 6.37. The number of ketones is 2. The number of hydrogen-bond donors (Lipinski definition) is 3. The number of amides is 2. The summed E-state index contributed by atoms with van der Waals surface area (Å²) in [5.41, 5.74) is 4.29. The number of rotatable bonds is 5. The van der Waals surface area contributed by atoms with Gasteiger partial charge >= 0.3 is 12.0 Å². The Bertz CT molecular complexity index is 525. The molecule has 0 bridgehead atoms. The van der Waals surface area contributed by atoms with Crippen molar-refractivity contribution in [2.45, 2.75) is 65.5 Å². The first-order chi connectivity index (χ1) is 11.5. The van der Waals surface area contributed by atoms with Crippen LogP contribution in [-0.2, 0) is 19.1 Å². The molecule has 8 heteroatoms. The Hall–Kier alpha value is -1.96. The number of nitrogens with one attached hydrogen (secondary N) is 3. The Kier molecular flexibility index (Phi) is 7.54. The average Bonchev–Trinajstić information content (AvgIpc) is 2.46. The molecule has 1 aliphatic heterocycles. The molecule has 1 rings (SSSR count). The summed E-state index contributed by atoms with van der Waals surface area (Å²) in [6.07, 6.45) is 0.355. The van der Waals surface area contributed by atoms with E-state index in [2.05, 4.69) is 16.2 Å². The summed E-state index contributed by atoms with van der Waals surface area (Å²) in [6, 6.07) is -0.769. The van der Waals surface area contributed by atoms with Gasteiger partial charge in [-0.3, -0.25) is 19.8 Å². The summed E-state index contributed by atoms with van der Waals surface area (Å²) in [5, 5.41) is 2.58. The lowest BCUT2D eigenvalue weighted by molar-refractivity contribution is -0.142. The zero-order valence-corrected chi connectivity index (χ0v) is 15.6. The molecule has 2 unspecified atom stereocenters. The van der Waals surface area contributed by atoms with Crippen LogP contribution in [0.3, 0.4) is 0 Å². The lowest BCUT2D eigenvalue weighted by atomic mass is 9.87. The molecule has 2 atom stereocenters. The standard InChI is InChI=1S/C17H29N3O5/c1-10(2)13(19-16(24)25-17(3,4)5)12(21)9-11-7-6-8-18-20-15(23)14(11)22/h10-11,13,18H,6-9H2,1-5H3,(H,19,24)(H,20,23). The Morgan fingerprint density at radius 2 is 1.92 bits per heavy atom. The van der Waals surface area contributed by atoms with Gasteiger partial charge in [-0.15, -0.1) is 0 Å². The number of ether oxygens (including phenoxy) is 1. The van der Waals surface area contributed by atoms with E-state index < -0.39 is 35.3 Å². The van der Waals surface area contributed by atoms with Crippen LogP contribution >= 0.6 is 0 Å². The van der Waals surface area contributed by atoms with Crippen molar-refractivity contribution in [3.8, 4) is 0 Å². The van der Waals surface area contributed by atoms with E-state index in [0.717, 1.165) is 0 Å². The van der Waals surface area contributed by atoms with Gasteiger partial charge in [-0.05, 0) is 39.5 Å². The third-order valence-corrected chi connectivity index (χ3v) is 3.78. The molecule has 0 saturated carbocycles. The van der Waals surface area contributed by atoms with E-state index in [1.165, 1.54) is 0 Å². The first kappa shape index (κ1) is 21.1. The van der Waals surface area contributed by atoms with Gasteiger partial charge in [0.15, 0.2) is 5.78 Å². The first-order valence-electron chi connectivity index (χ1n) is 8.60. The van der Waals surface area contributed by atoms with Gasteiger partial charge < -0.3 is 10.1 Å². The van der Waals surface area contributed by atoms with Gasteiger partial charge in [-0.25, -0.2) is 10.2 Å². The van der Waals surface area contributed by atoms with E-state index in [4.69, 9.17) is 4.74 Å². The van der Waals surface area contributed by atoms with E-state index in [-0.39, 0.29) is 18.1 Å². The van der Waals surface area contributed by atoms with Crippen molar-refractivity contribution in [3.05, 3.63) is 0 Å². The molecule has 0 aliphatic carbocycles. The third kappa shape index (κ3) is 7.21. The maximum absolute atomic E-state index is 12.6. The fourth-order valence-corrected chi connectivity index (χ4v) is 2.58. The summed E-state index contributed by atoms with van der Waals surface area (Å²) < 4.78 is 5.19. The van der Waals surface area contributed by atoms with Crippen molar-refractivity contribution in [2.75, 3.05) is 6.54 Å². The SMILES string of the molecule is CC(C)C(NC(=O)OC(C)(C)C)C(=O)CC1CCCNNC(=O)C1=O. The van der Waals surface area contributed by atoms with Crippen LogP contribution in [0.5, 0.6) is 0 Å². The average molecular weight is 355 g/mol. The van der Waals surface area contributed by atoms with Crippen molar-refractivity contribution in [1.29, 1.82) is 0 Å². The van der Waals surface area contributed by atoms with Gasteiger partial charge in [0, 0.05) is 18.9 Å². The number of carbonyl (C=O) groups is 4. The van der Waals surface area contributed by atoms with Crippen LogP contribution in [0.1, 0.15) is 53.9 Å². The minimum absolute atomic E-state index is 0.0785. The Morgan fingerprint density at radius 1 is 1.28 bits per heavy atom. The van der Waals surface area contributed by atoms with Crippen LogP contribution in [-0.4, -0.2) is 41.8 Å². The van der Waals surface area contributed by atoms with E-state index in [0.29, 0.717) is 19.4 Å². The Labute approximate surface area is 148 Å². The monoisotopic (exact) mass is 355 g/mol. The summed E-state index contributed by atoms with van der Waals surface area (Å²) in [7, 11) is 0. The molecule has 1 heterocycles. The predicted octanol–water partition coefficient (Wildman–Crippen LogP) is 1.09. The quantitative estimate of drug-likeness (QED) is 0.636. The molecule has 25 heavy (non-hydrogen) atoms. The third-order valence-electron chi connectivity index (χ3n) is 3.78. The van der Waals surface area contributed by atoms with E-state index in [9.17, 15) is 19.2 Å². The van der Waals surface area contributed by atoms with Crippen molar-refractivity contribution < 1.29 is 23.9 Å². The molecule has 1 fully saturated rings. The first-order valence-corrected chi connectivity index (χ1v) is 8.60. The number of alkyl carbamates (subject to hydrolysis) is 1. The van der Waals surface area contributed by atoms with Crippen LogP contribution in [0.2, 0.25) is 0 Å². The summed E-state index contributed by atoms with van der Waals surface area (Å²) >= 11 is 0. The van der Waals surface area contributed by atoms with Crippen molar-refractivity contribution >= 4 is 23.6 Å². The molecular weight excluding hydrogens is 326 g/mol. The maximum atomic E-state index is 12.6. The minimum atomic E-state index is -0.769. The van der Waals surface area contributed by atoms with Gasteiger partial charge in [-0.2, -0.15) is 0 Å². The fourth-order valence-electron chi connectivity index (χ4n) is 2.58. The van der Waals surface area contributed by atoms with Crippen molar-refractivity contribution in [2.24, 2.45) is 11.8 Å². The number of hydrazine groups is 1. The molecule has 8 nitrogen and oxygen atoms in total. The smallest absolute Gasteiger partial charge is 0.408 e. The van der Waals surface area contributed by atoms with Crippen molar-refractivity contribution in [3.63, 3.8) is 0 Å². The highest BCUT2D eigenvalue weighted by Crippen LogP contribution is 2.18. The summed E-state index contributed by atoms with van der Waals surface area (Å²) in [5.74, 6) is -2.46. The molecule has 3 N–H and O–H groups in total. The van der Waals surface area contributed by atoms with Gasteiger partial charge in [0.05, 0.1) is 6.04 Å². The van der Waals surface area contributed by atoms with Gasteiger partial charge in [0.25, 0.3) is 0 Å². The van der Waals surface area contributed by atoms with Crippen LogP contribution in [0.25, 0.3) is 0 Å². The molecule has 0 spiro atoms. The van der Waals surface area contributed by atoms with Gasteiger partial charge in [0.1, 0.15) is 5.60 Å². The Morgan fingerprint density at radius 3 is 2.48 bits per heavy atom. The van der Waals surface area contributed by atoms with Crippen LogP contribution in [0, 0.1) is 11.8 Å². The zero-order chi connectivity index (χ0) is 19.2. The van der Waals surface area contributed by atoms with Gasteiger partial charge in [0.2, 0.25) is 5.78 Å². The van der Waals surface area contributed by atoms with E-state index >= 15 is 0 Å². The van der Waals surface area contributed by atoms with Crippen molar-refractivity contribution in [1.82, 2.24) is 16.2 Å². The second kappa shape index (κ2) is 8.94. The van der Waals surface area contributed by atoms with Crippen LogP contribution < -0.4 is 16.2 Å². The minimum Gasteiger partial charge on any atom is -0.444 e. The summed E-state index contributed by atoms with van der Waals surface area (Å²) in [6.45, 7) is 9.34. The second-order valence-corrected chi connectivity index (χ2v) is 7.62. The molecule has 1 saturated heterocycles. The lowest BCUT2D eigenvalue weighted by Crippen LogP contribution is -2.49. The number of Topliss-reactive ketones (excluding diaryl/α,β-unsaturated/α-hetero) is 2. The number of hydrogen-bond acceptors (Lipinski definition) is 6. The normalized spacial score (nSPS) is 20.3. The van der Waals surface area contributed by atoms with E-state index in [1.54, 1.807) is 34.6 Å². The fraction of sp³-hybridized carbons (Fsp3) is 0.765. The largest absolute Gasteiger partial charge is 0.444 e. The number of carbonyl (C=O) groups excluding carboxylic acids is 4. The molecule has 0 aromatic rings. The predicted molar refractivity (Wildman–Crippen MR) is 91.5 cm³/mol. The molecule has 0 radical (unpaired) electrons. The molecular formula is C17H29N3O5. The highest BCUT2D eigenvalue weighted by atomic mass is 16.6. The molecule has 1 aliphatic rings. The lowest BCUT2D eigenvalue weighted by Gasteiger charge is -2.26. The van der Waals surface area contributed by atoms with Crippen LogP contribution in [0.4, 0.5) is 4.79 Å². The summed E-state index contributed by atoms with van der Waals surface area (Å²) in [4.78, 5) is 48.4. The zero-order valence-electron chi connectivity index (χ0n) is 15.6. The molecule has 0 aromatic heterocycles. The second-order valence-electron chi connectivity index (χ2n) is 7.62. The molecule has 142 valence electrons.